The van der Waals surface area contributed by atoms with Crippen molar-refractivity contribution in [1.29, 1.82) is 0 Å². The maximum absolute atomic E-state index is 11.3. The van der Waals surface area contributed by atoms with E-state index in [9.17, 15) is 4.79 Å². The monoisotopic (exact) mass is 207 g/mol. The molecule has 0 saturated heterocycles. The van der Waals surface area contributed by atoms with E-state index >= 15 is 0 Å². The van der Waals surface area contributed by atoms with Gasteiger partial charge in [-0.2, -0.15) is 0 Å². The average Bonchev–Trinajstić information content (AvgIpc) is 2.25. The predicted octanol–water partition coefficient (Wildman–Crippen LogP) is 1.75. The van der Waals surface area contributed by atoms with Crippen LogP contribution in [0.15, 0.2) is 24.3 Å². The van der Waals surface area contributed by atoms with E-state index in [1.54, 1.807) is 6.07 Å². The van der Waals surface area contributed by atoms with Gasteiger partial charge in [0.25, 0.3) is 0 Å². The first-order valence-corrected chi connectivity index (χ1v) is 5.06. The molecule has 0 spiro atoms. The zero-order valence-electron chi connectivity index (χ0n) is 9.19. The van der Waals surface area contributed by atoms with Crippen molar-refractivity contribution in [1.82, 2.24) is 0 Å². The lowest BCUT2D eigenvalue weighted by molar-refractivity contribution is 0.0600. The van der Waals surface area contributed by atoms with Gasteiger partial charge in [0.2, 0.25) is 0 Å². The van der Waals surface area contributed by atoms with Gasteiger partial charge in [-0.25, -0.2) is 4.79 Å². The Labute approximate surface area is 90.2 Å². The van der Waals surface area contributed by atoms with Crippen LogP contribution >= 0.6 is 0 Å². The highest BCUT2D eigenvalue weighted by molar-refractivity contribution is 5.89. The van der Waals surface area contributed by atoms with Crippen LogP contribution in [0.3, 0.4) is 0 Å². The zero-order chi connectivity index (χ0) is 11.3. The summed E-state index contributed by atoms with van der Waals surface area (Å²) in [5, 5.41) is 0. The molecule has 1 aromatic carbocycles. The van der Waals surface area contributed by atoms with Crippen LogP contribution in [0.5, 0.6) is 0 Å². The minimum Gasteiger partial charge on any atom is -0.465 e. The largest absolute Gasteiger partial charge is 0.465 e. The summed E-state index contributed by atoms with van der Waals surface area (Å²) in [5.74, 6) is -0.294. The first kappa shape index (κ1) is 11.7. The lowest BCUT2D eigenvalue weighted by Gasteiger charge is -2.06. The van der Waals surface area contributed by atoms with Gasteiger partial charge in [-0.05, 0) is 37.5 Å². The van der Waals surface area contributed by atoms with E-state index in [1.807, 2.05) is 25.1 Å². The standard InChI is InChI=1S/C12H17NO2/c1-9(13)6-7-10-4-3-5-11(8-10)12(14)15-2/h3-5,8-9H,6-7,13H2,1-2H3/t9-/m0/s1. The maximum atomic E-state index is 11.3. The van der Waals surface area contributed by atoms with Gasteiger partial charge in [-0.3, -0.25) is 0 Å². The molecule has 1 rings (SSSR count). The molecule has 0 aliphatic heterocycles. The van der Waals surface area contributed by atoms with Gasteiger partial charge in [0.1, 0.15) is 0 Å². The Morgan fingerprint density at radius 3 is 2.87 bits per heavy atom. The van der Waals surface area contributed by atoms with Gasteiger partial charge in [0, 0.05) is 6.04 Å². The van der Waals surface area contributed by atoms with Gasteiger partial charge < -0.3 is 10.5 Å². The lowest BCUT2D eigenvalue weighted by Crippen LogP contribution is -2.15. The molecule has 3 nitrogen and oxygen atoms in total. The van der Waals surface area contributed by atoms with Crippen LogP contribution < -0.4 is 5.73 Å². The van der Waals surface area contributed by atoms with E-state index in [0.29, 0.717) is 5.56 Å². The minimum absolute atomic E-state index is 0.187. The van der Waals surface area contributed by atoms with Crippen LogP contribution in [0.4, 0.5) is 0 Å². The molecule has 0 bridgehead atoms. The maximum Gasteiger partial charge on any atom is 0.337 e. The van der Waals surface area contributed by atoms with Crippen molar-refractivity contribution < 1.29 is 9.53 Å². The van der Waals surface area contributed by atoms with E-state index in [-0.39, 0.29) is 12.0 Å². The van der Waals surface area contributed by atoms with Crippen LogP contribution in [0, 0.1) is 0 Å². The van der Waals surface area contributed by atoms with E-state index in [0.717, 1.165) is 18.4 Å². The molecule has 2 N–H and O–H groups in total. The number of nitrogens with two attached hydrogens (primary N) is 1. The lowest BCUT2D eigenvalue weighted by atomic mass is 10.0. The second-order valence-electron chi connectivity index (χ2n) is 3.71. The number of rotatable bonds is 4. The number of carbonyl (C=O) groups is 1. The quantitative estimate of drug-likeness (QED) is 0.765. The smallest absolute Gasteiger partial charge is 0.337 e. The minimum atomic E-state index is -0.294. The Bertz CT molecular complexity index is 334. The highest BCUT2D eigenvalue weighted by atomic mass is 16.5. The summed E-state index contributed by atoms with van der Waals surface area (Å²) in [5.41, 5.74) is 7.39. The van der Waals surface area contributed by atoms with Gasteiger partial charge in [-0.1, -0.05) is 12.1 Å². The summed E-state index contributed by atoms with van der Waals surface area (Å²) < 4.78 is 4.65. The molecule has 3 heteroatoms. The molecule has 0 unspecified atom stereocenters. The number of carbonyl (C=O) groups excluding carboxylic acids is 1. The highest BCUT2D eigenvalue weighted by Gasteiger charge is 2.05. The Hall–Kier alpha value is -1.35. The number of hydrogen-bond donors (Lipinski definition) is 1. The molecule has 82 valence electrons. The second kappa shape index (κ2) is 5.51. The average molecular weight is 207 g/mol. The van der Waals surface area contributed by atoms with Crippen molar-refractivity contribution in [3.05, 3.63) is 35.4 Å². The van der Waals surface area contributed by atoms with Crippen molar-refractivity contribution in [2.75, 3.05) is 7.11 Å². The molecule has 0 aromatic heterocycles. The Morgan fingerprint density at radius 2 is 2.27 bits per heavy atom. The molecule has 0 fully saturated rings. The summed E-state index contributed by atoms with van der Waals surface area (Å²) in [6.07, 6.45) is 1.81. The Morgan fingerprint density at radius 1 is 1.53 bits per heavy atom. The predicted molar refractivity (Wildman–Crippen MR) is 59.8 cm³/mol. The second-order valence-corrected chi connectivity index (χ2v) is 3.71. The van der Waals surface area contributed by atoms with E-state index < -0.39 is 0 Å². The van der Waals surface area contributed by atoms with Gasteiger partial charge in [0.05, 0.1) is 12.7 Å². The SMILES string of the molecule is COC(=O)c1cccc(CC[C@H](C)N)c1. The normalized spacial score (nSPS) is 12.2. The third kappa shape index (κ3) is 3.72. The third-order valence-electron chi connectivity index (χ3n) is 2.24. The van der Waals surface area contributed by atoms with Crippen LogP contribution in [0.25, 0.3) is 0 Å². The fourth-order valence-corrected chi connectivity index (χ4v) is 1.37. The van der Waals surface area contributed by atoms with Crippen molar-refractivity contribution >= 4 is 5.97 Å². The number of esters is 1. The Kier molecular flexibility index (Phi) is 4.31. The number of hydrogen-bond acceptors (Lipinski definition) is 3. The highest BCUT2D eigenvalue weighted by Crippen LogP contribution is 2.09. The van der Waals surface area contributed by atoms with E-state index in [2.05, 4.69) is 4.74 Å². The number of aryl methyl sites for hydroxylation is 1. The number of ether oxygens (including phenoxy) is 1. The topological polar surface area (TPSA) is 52.3 Å². The van der Waals surface area contributed by atoms with Crippen LogP contribution in [-0.4, -0.2) is 19.1 Å². The molecule has 1 aromatic rings. The van der Waals surface area contributed by atoms with Gasteiger partial charge in [-0.15, -0.1) is 0 Å². The summed E-state index contributed by atoms with van der Waals surface area (Å²) in [6.45, 7) is 1.98. The van der Waals surface area contributed by atoms with Crippen molar-refractivity contribution in [3.8, 4) is 0 Å². The molecule has 0 aliphatic rings. The molecule has 1 atom stereocenters. The molecule has 0 heterocycles. The Balaban J connectivity index is 2.70. The van der Waals surface area contributed by atoms with E-state index in [1.165, 1.54) is 7.11 Å². The fraction of sp³-hybridized carbons (Fsp3) is 0.417. The van der Waals surface area contributed by atoms with E-state index in [4.69, 9.17) is 5.73 Å². The molecule has 0 radical (unpaired) electrons. The molecule has 0 aliphatic carbocycles. The van der Waals surface area contributed by atoms with Gasteiger partial charge >= 0.3 is 5.97 Å². The summed E-state index contributed by atoms with van der Waals surface area (Å²) in [7, 11) is 1.39. The number of benzene rings is 1. The summed E-state index contributed by atoms with van der Waals surface area (Å²) >= 11 is 0. The molecule has 0 saturated carbocycles. The third-order valence-corrected chi connectivity index (χ3v) is 2.24. The molecular formula is C12H17NO2. The van der Waals surface area contributed by atoms with Crippen LogP contribution in [-0.2, 0) is 11.2 Å². The molecular weight excluding hydrogens is 190 g/mol. The van der Waals surface area contributed by atoms with Gasteiger partial charge in [0.15, 0.2) is 0 Å². The summed E-state index contributed by atoms with van der Waals surface area (Å²) in [6, 6.07) is 7.65. The first-order chi connectivity index (χ1) is 7.13. The first-order valence-electron chi connectivity index (χ1n) is 5.06. The van der Waals surface area contributed by atoms with Crippen molar-refractivity contribution in [3.63, 3.8) is 0 Å². The zero-order valence-corrected chi connectivity index (χ0v) is 9.19. The van der Waals surface area contributed by atoms with Crippen LogP contribution in [0.1, 0.15) is 29.3 Å². The fourth-order valence-electron chi connectivity index (χ4n) is 1.37. The van der Waals surface area contributed by atoms with Crippen LogP contribution in [0.2, 0.25) is 0 Å². The molecule has 15 heavy (non-hydrogen) atoms. The van der Waals surface area contributed by atoms with Crippen molar-refractivity contribution in [2.24, 2.45) is 5.73 Å². The van der Waals surface area contributed by atoms with Crippen molar-refractivity contribution in [2.45, 2.75) is 25.8 Å². The molecule has 0 amide bonds. The number of methoxy groups -OCH3 is 1. The summed E-state index contributed by atoms with van der Waals surface area (Å²) in [4.78, 5) is 11.3.